The summed E-state index contributed by atoms with van der Waals surface area (Å²) in [5, 5.41) is 0. The van der Waals surface area contributed by atoms with Gasteiger partial charge in [-0.25, -0.2) is 0 Å². The summed E-state index contributed by atoms with van der Waals surface area (Å²) in [5.74, 6) is 1.77. The first-order valence-electron chi connectivity index (χ1n) is 15.2. The summed E-state index contributed by atoms with van der Waals surface area (Å²) < 4.78 is 0. The Balaban J connectivity index is 1.77. The molecule has 38 heavy (non-hydrogen) atoms. The Hall–Kier alpha value is -2.08. The predicted molar refractivity (Wildman–Crippen MR) is 166 cm³/mol. The molecular weight excluding hydrogens is 456 g/mol. The Labute approximate surface area is 234 Å². The van der Waals surface area contributed by atoms with Crippen LogP contribution in [0.4, 0.5) is 0 Å². The summed E-state index contributed by atoms with van der Waals surface area (Å²) in [7, 11) is 0. The van der Waals surface area contributed by atoms with Crippen molar-refractivity contribution in [2.75, 3.05) is 0 Å². The van der Waals surface area contributed by atoms with E-state index in [0.717, 1.165) is 0 Å². The van der Waals surface area contributed by atoms with Gasteiger partial charge >= 0.3 is 0 Å². The monoisotopic (exact) mass is 508 g/mol. The van der Waals surface area contributed by atoms with E-state index in [9.17, 15) is 0 Å². The van der Waals surface area contributed by atoms with Crippen LogP contribution >= 0.6 is 0 Å². The van der Waals surface area contributed by atoms with Gasteiger partial charge in [-0.05, 0) is 86.3 Å². The minimum Gasteiger partial charge on any atom is -0.0645 e. The summed E-state index contributed by atoms with van der Waals surface area (Å²) in [6, 6.07) is 15.0. The topological polar surface area (TPSA) is 0 Å². The lowest BCUT2D eigenvalue weighted by atomic mass is 9.63. The lowest BCUT2D eigenvalue weighted by Gasteiger charge is -2.40. The molecule has 2 aromatic carbocycles. The number of benzene rings is 2. The van der Waals surface area contributed by atoms with Crippen LogP contribution in [-0.2, 0) is 10.8 Å². The van der Waals surface area contributed by atoms with Crippen LogP contribution in [0.15, 0.2) is 59.2 Å². The maximum absolute atomic E-state index is 2.67. The highest BCUT2D eigenvalue weighted by atomic mass is 14.6. The molecule has 0 radical (unpaired) electrons. The lowest BCUT2D eigenvalue weighted by Crippen LogP contribution is -2.29. The molecule has 2 aromatic rings. The van der Waals surface area contributed by atoms with Gasteiger partial charge in [-0.2, -0.15) is 0 Å². The summed E-state index contributed by atoms with van der Waals surface area (Å²) in [5.41, 5.74) is 14.7. The maximum atomic E-state index is 2.67. The molecule has 0 aromatic heterocycles. The fourth-order valence-corrected chi connectivity index (χ4v) is 7.75. The largest absolute Gasteiger partial charge is 0.0645 e. The molecule has 0 fully saturated rings. The minimum absolute atomic E-state index is 0.138. The summed E-state index contributed by atoms with van der Waals surface area (Å²) in [6.45, 7) is 28.7. The molecule has 0 N–H and O–H groups in total. The Bertz CT molecular complexity index is 1260. The van der Waals surface area contributed by atoms with Crippen molar-refractivity contribution in [2.24, 2.45) is 22.7 Å². The molecule has 5 rings (SSSR count). The summed E-state index contributed by atoms with van der Waals surface area (Å²) in [4.78, 5) is 0. The van der Waals surface area contributed by atoms with Gasteiger partial charge in [-0.3, -0.25) is 0 Å². The molecule has 0 aliphatic heterocycles. The fourth-order valence-electron chi connectivity index (χ4n) is 7.75. The van der Waals surface area contributed by atoms with E-state index in [-0.39, 0.29) is 21.7 Å². The van der Waals surface area contributed by atoms with E-state index in [1.807, 2.05) is 0 Å². The van der Waals surface area contributed by atoms with E-state index in [0.29, 0.717) is 17.8 Å². The molecule has 0 nitrogen and oxygen atoms in total. The molecule has 0 heterocycles. The van der Waals surface area contributed by atoms with Gasteiger partial charge in [0.05, 0.1) is 0 Å². The number of allylic oxidation sites excluding steroid dienone is 4. The maximum Gasteiger partial charge on any atom is 0.0199 e. The van der Waals surface area contributed by atoms with Gasteiger partial charge in [0.2, 0.25) is 0 Å². The van der Waals surface area contributed by atoms with E-state index in [1.54, 1.807) is 27.8 Å². The molecule has 0 saturated heterocycles. The van der Waals surface area contributed by atoms with Crippen LogP contribution in [0.1, 0.15) is 131 Å². The van der Waals surface area contributed by atoms with Crippen LogP contribution in [0.2, 0.25) is 0 Å². The van der Waals surface area contributed by atoms with Crippen LogP contribution in [0, 0.1) is 22.7 Å². The second-order valence-electron chi connectivity index (χ2n) is 16.1. The van der Waals surface area contributed by atoms with E-state index in [2.05, 4.69) is 126 Å². The number of hydrogen-bond donors (Lipinski definition) is 0. The minimum atomic E-state index is 0.138. The Kier molecular flexibility index (Phi) is 6.30. The third-order valence-electron chi connectivity index (χ3n) is 10.3. The summed E-state index contributed by atoms with van der Waals surface area (Å²) in [6.07, 6.45) is 6.33. The normalized spacial score (nSPS) is 23.7. The SMILES string of the molecule is CCC1(C2c3ccc(C(C)(C)C)cc3-c3cc(C(C)(C)C)ccc32)CC(C(C)C)C2=C1C=C(C(C)(C)C)C2. The zero-order chi connectivity index (χ0) is 28.0. The van der Waals surface area contributed by atoms with Crippen molar-refractivity contribution in [1.82, 2.24) is 0 Å². The first kappa shape index (κ1) is 27.5. The van der Waals surface area contributed by atoms with Gasteiger partial charge in [-0.1, -0.05) is 137 Å². The molecule has 3 aliphatic carbocycles. The van der Waals surface area contributed by atoms with Gasteiger partial charge in [0.15, 0.2) is 0 Å². The first-order valence-corrected chi connectivity index (χ1v) is 15.2. The van der Waals surface area contributed by atoms with Gasteiger partial charge in [0.25, 0.3) is 0 Å². The van der Waals surface area contributed by atoms with E-state index >= 15 is 0 Å². The zero-order valence-electron chi connectivity index (χ0n) is 26.4. The highest BCUT2D eigenvalue weighted by Gasteiger charge is 2.54. The second kappa shape index (κ2) is 8.71. The van der Waals surface area contributed by atoms with Crippen molar-refractivity contribution >= 4 is 0 Å². The van der Waals surface area contributed by atoms with Gasteiger partial charge < -0.3 is 0 Å². The number of hydrogen-bond acceptors (Lipinski definition) is 0. The second-order valence-corrected chi connectivity index (χ2v) is 16.1. The van der Waals surface area contributed by atoms with Gasteiger partial charge in [-0.15, -0.1) is 0 Å². The van der Waals surface area contributed by atoms with Crippen molar-refractivity contribution < 1.29 is 0 Å². The molecule has 3 aliphatic rings. The quantitative estimate of drug-likeness (QED) is 0.387. The molecule has 204 valence electrons. The van der Waals surface area contributed by atoms with E-state index < -0.39 is 0 Å². The van der Waals surface area contributed by atoms with Crippen molar-refractivity contribution in [3.8, 4) is 11.1 Å². The molecular formula is C38H52. The molecule has 0 heteroatoms. The van der Waals surface area contributed by atoms with Crippen molar-refractivity contribution in [1.29, 1.82) is 0 Å². The highest BCUT2D eigenvalue weighted by molar-refractivity contribution is 5.81. The summed E-state index contributed by atoms with van der Waals surface area (Å²) >= 11 is 0. The van der Waals surface area contributed by atoms with Gasteiger partial charge in [0, 0.05) is 11.3 Å². The smallest absolute Gasteiger partial charge is 0.0199 e. The molecule has 0 saturated carbocycles. The van der Waals surface area contributed by atoms with Crippen LogP contribution in [0.5, 0.6) is 0 Å². The predicted octanol–water partition coefficient (Wildman–Crippen LogP) is 11.1. The van der Waals surface area contributed by atoms with Crippen LogP contribution < -0.4 is 0 Å². The number of rotatable bonds is 3. The Morgan fingerprint density at radius 3 is 1.66 bits per heavy atom. The van der Waals surface area contributed by atoms with Crippen molar-refractivity contribution in [3.63, 3.8) is 0 Å². The molecule has 0 amide bonds. The average Bonchev–Trinajstić information content (AvgIpc) is 3.46. The Morgan fingerprint density at radius 1 is 0.763 bits per heavy atom. The third kappa shape index (κ3) is 4.17. The van der Waals surface area contributed by atoms with E-state index in [1.165, 1.54) is 41.5 Å². The highest BCUT2D eigenvalue weighted by Crippen LogP contribution is 2.67. The van der Waals surface area contributed by atoms with Crippen molar-refractivity contribution in [2.45, 2.75) is 119 Å². The standard InChI is InChI=1S/C38H52/c1-13-38(22-32(23(2)3)31-20-26(21-33(31)38)37(10,11)12)34-27-16-14-24(35(4,5)6)18-29(27)30-19-25(36(7,8)9)15-17-28(30)34/h14-19,21,23,32,34H,13,20,22H2,1-12H3. The van der Waals surface area contributed by atoms with E-state index in [4.69, 9.17) is 0 Å². The van der Waals surface area contributed by atoms with Crippen LogP contribution in [0.25, 0.3) is 11.1 Å². The first-order chi connectivity index (χ1) is 17.5. The average molecular weight is 509 g/mol. The molecule has 0 spiro atoms. The Morgan fingerprint density at radius 2 is 1.26 bits per heavy atom. The molecule has 0 bridgehead atoms. The van der Waals surface area contributed by atoms with Crippen LogP contribution in [0.3, 0.4) is 0 Å². The van der Waals surface area contributed by atoms with Gasteiger partial charge in [0.1, 0.15) is 0 Å². The number of fused-ring (bicyclic) bond motifs is 3. The zero-order valence-corrected chi connectivity index (χ0v) is 26.4. The lowest BCUT2D eigenvalue weighted by molar-refractivity contribution is 0.249. The van der Waals surface area contributed by atoms with Crippen LogP contribution in [-0.4, -0.2) is 0 Å². The molecule has 2 unspecified atom stereocenters. The third-order valence-corrected chi connectivity index (χ3v) is 10.3. The fraction of sp³-hybridized carbons (Fsp3) is 0.579. The van der Waals surface area contributed by atoms with Crippen molar-refractivity contribution in [3.05, 3.63) is 81.4 Å². The molecule has 2 atom stereocenters.